The molecule has 0 amide bonds. The molecule has 2 aromatic carbocycles. The van der Waals surface area contributed by atoms with Gasteiger partial charge in [-0.3, -0.25) is 15.2 Å². The second-order valence-corrected chi connectivity index (χ2v) is 7.15. The largest absolute Gasteiger partial charge is 0.294 e. The molecule has 2 aromatic rings. The SMILES string of the molecule is Cc1ccc(S(=O)(=O)O)cc1.N=C(NO)N/N=C/c1ccc(Br)cc1F. The number of guanidine groups is 1. The van der Waals surface area contributed by atoms with Crippen molar-refractivity contribution in [3.8, 4) is 0 Å². The van der Waals surface area contributed by atoms with Gasteiger partial charge in [-0.15, -0.1) is 0 Å². The minimum absolute atomic E-state index is 0.0666. The average Bonchev–Trinajstić information content (AvgIpc) is 2.57. The van der Waals surface area contributed by atoms with E-state index in [-0.39, 0.29) is 10.5 Å². The molecule has 0 radical (unpaired) electrons. The topological polar surface area (TPSA) is 135 Å². The van der Waals surface area contributed by atoms with Crippen molar-refractivity contribution in [1.29, 1.82) is 5.41 Å². The zero-order chi connectivity index (χ0) is 19.7. The Balaban J connectivity index is 0.000000273. The summed E-state index contributed by atoms with van der Waals surface area (Å²) < 4.78 is 43.4. The van der Waals surface area contributed by atoms with Crippen LogP contribution in [0.1, 0.15) is 11.1 Å². The third-order valence-corrected chi connectivity index (χ3v) is 4.13. The molecule has 0 spiro atoms. The lowest BCUT2D eigenvalue weighted by atomic mass is 10.2. The van der Waals surface area contributed by atoms with Crippen molar-refractivity contribution < 1.29 is 22.6 Å². The summed E-state index contributed by atoms with van der Waals surface area (Å²) in [7, 11) is -4.02. The summed E-state index contributed by atoms with van der Waals surface area (Å²) in [6, 6.07) is 10.5. The van der Waals surface area contributed by atoms with Crippen LogP contribution < -0.4 is 10.9 Å². The first kappa shape index (κ1) is 21.7. The Hall–Kier alpha value is -2.34. The molecule has 0 unspecified atom stereocenters. The van der Waals surface area contributed by atoms with Gasteiger partial charge in [-0.2, -0.15) is 13.5 Å². The van der Waals surface area contributed by atoms with Crippen LogP contribution in [-0.2, 0) is 10.1 Å². The first-order valence-electron chi connectivity index (χ1n) is 6.90. The highest BCUT2D eigenvalue weighted by molar-refractivity contribution is 9.10. The van der Waals surface area contributed by atoms with Crippen LogP contribution >= 0.6 is 15.9 Å². The summed E-state index contributed by atoms with van der Waals surface area (Å²) in [6.07, 6.45) is 1.20. The number of rotatable bonds is 3. The molecule has 0 fully saturated rings. The third kappa shape index (κ3) is 7.70. The lowest BCUT2D eigenvalue weighted by Crippen LogP contribution is -2.30. The van der Waals surface area contributed by atoms with E-state index in [1.165, 1.54) is 36.0 Å². The zero-order valence-corrected chi connectivity index (χ0v) is 15.8. The summed E-state index contributed by atoms with van der Waals surface area (Å²) in [4.78, 5) is -0.0666. The second kappa shape index (κ2) is 9.97. The Morgan fingerprint density at radius 1 is 1.27 bits per heavy atom. The third-order valence-electron chi connectivity index (χ3n) is 2.77. The summed E-state index contributed by atoms with van der Waals surface area (Å²) >= 11 is 3.12. The summed E-state index contributed by atoms with van der Waals surface area (Å²) in [5, 5.41) is 18.7. The number of nitrogens with one attached hydrogen (secondary N) is 3. The van der Waals surface area contributed by atoms with Gasteiger partial charge in [-0.25, -0.2) is 15.3 Å². The van der Waals surface area contributed by atoms with Gasteiger partial charge < -0.3 is 0 Å². The molecule has 0 aliphatic heterocycles. The van der Waals surface area contributed by atoms with E-state index in [9.17, 15) is 12.8 Å². The summed E-state index contributed by atoms with van der Waals surface area (Å²) in [6.45, 7) is 1.84. The van der Waals surface area contributed by atoms with E-state index in [4.69, 9.17) is 15.2 Å². The maximum Gasteiger partial charge on any atom is 0.294 e. The van der Waals surface area contributed by atoms with Gasteiger partial charge in [0.2, 0.25) is 5.96 Å². The molecule has 0 aliphatic rings. The van der Waals surface area contributed by atoms with E-state index in [1.807, 2.05) is 6.92 Å². The van der Waals surface area contributed by atoms with Gasteiger partial charge in [0.05, 0.1) is 11.1 Å². The van der Waals surface area contributed by atoms with Crippen molar-refractivity contribution in [3.63, 3.8) is 0 Å². The Bertz CT molecular complexity index is 889. The molecule has 26 heavy (non-hydrogen) atoms. The predicted molar refractivity (Wildman–Crippen MR) is 98.5 cm³/mol. The molecule has 11 heteroatoms. The Labute approximate surface area is 158 Å². The van der Waals surface area contributed by atoms with E-state index in [1.54, 1.807) is 18.2 Å². The maximum absolute atomic E-state index is 13.2. The van der Waals surface area contributed by atoms with Crippen molar-refractivity contribution in [2.45, 2.75) is 11.8 Å². The zero-order valence-electron chi connectivity index (χ0n) is 13.4. The fourth-order valence-corrected chi connectivity index (χ4v) is 2.32. The monoisotopic (exact) mass is 446 g/mol. The molecule has 0 atom stereocenters. The van der Waals surface area contributed by atoms with Crippen molar-refractivity contribution in [3.05, 3.63) is 63.9 Å². The van der Waals surface area contributed by atoms with Crippen molar-refractivity contribution in [2.75, 3.05) is 0 Å². The van der Waals surface area contributed by atoms with E-state index < -0.39 is 21.9 Å². The van der Waals surface area contributed by atoms with Crippen LogP contribution in [0.5, 0.6) is 0 Å². The highest BCUT2D eigenvalue weighted by Crippen LogP contribution is 2.13. The number of benzene rings is 2. The molecule has 0 bridgehead atoms. The number of hydrazone groups is 1. The molecular formula is C15H16BrFN4O4S. The number of aryl methyl sites for hydroxylation is 1. The number of hydrogen-bond donors (Lipinski definition) is 5. The van der Waals surface area contributed by atoms with Crippen LogP contribution in [0.3, 0.4) is 0 Å². The van der Waals surface area contributed by atoms with E-state index in [0.29, 0.717) is 4.47 Å². The first-order chi connectivity index (χ1) is 12.1. The quantitative estimate of drug-likeness (QED) is 0.213. The molecule has 2 rings (SSSR count). The highest BCUT2D eigenvalue weighted by atomic mass is 79.9. The van der Waals surface area contributed by atoms with Gasteiger partial charge in [-0.1, -0.05) is 33.6 Å². The lowest BCUT2D eigenvalue weighted by Gasteiger charge is -1.99. The molecule has 140 valence electrons. The van der Waals surface area contributed by atoms with Crippen molar-refractivity contribution in [1.82, 2.24) is 10.9 Å². The minimum atomic E-state index is -4.02. The van der Waals surface area contributed by atoms with Crippen LogP contribution in [-0.4, -0.2) is 30.4 Å². The molecule has 8 nitrogen and oxygen atoms in total. The van der Waals surface area contributed by atoms with Crippen LogP contribution in [0.15, 0.2) is 56.9 Å². The van der Waals surface area contributed by atoms with Gasteiger partial charge in [0.25, 0.3) is 10.1 Å². The van der Waals surface area contributed by atoms with E-state index in [0.717, 1.165) is 5.56 Å². The molecule has 0 heterocycles. The molecule has 0 saturated heterocycles. The van der Waals surface area contributed by atoms with Gasteiger partial charge in [-0.05, 0) is 37.3 Å². The van der Waals surface area contributed by atoms with E-state index >= 15 is 0 Å². The fraction of sp³-hybridized carbons (Fsp3) is 0.0667. The van der Waals surface area contributed by atoms with E-state index in [2.05, 4.69) is 26.5 Å². The Kier molecular flexibility index (Phi) is 8.32. The summed E-state index contributed by atoms with van der Waals surface area (Å²) in [5.74, 6) is -0.831. The fourth-order valence-electron chi connectivity index (χ4n) is 1.51. The standard InChI is InChI=1S/C8H8BrFN4O.C7H8O3S/c9-6-2-1-5(7(10)3-6)4-12-13-8(11)14-15;1-6-2-4-7(5-3-6)11(8,9)10/h1-4,15H,(H3,11,13,14);2-5H,1H3,(H,8,9,10)/b12-4+;. The van der Waals surface area contributed by atoms with Gasteiger partial charge in [0.1, 0.15) is 5.82 Å². The normalized spacial score (nSPS) is 10.8. The minimum Gasteiger partial charge on any atom is -0.288 e. The molecule has 0 aromatic heterocycles. The van der Waals surface area contributed by atoms with Crippen LogP contribution in [0.25, 0.3) is 0 Å². The van der Waals surface area contributed by atoms with Crippen LogP contribution in [0.2, 0.25) is 0 Å². The lowest BCUT2D eigenvalue weighted by molar-refractivity contribution is 0.228. The molecular weight excluding hydrogens is 431 g/mol. The first-order valence-corrected chi connectivity index (χ1v) is 9.13. The number of hydrogen-bond acceptors (Lipinski definition) is 5. The maximum atomic E-state index is 13.2. The molecule has 0 saturated carbocycles. The van der Waals surface area contributed by atoms with Gasteiger partial charge in [0, 0.05) is 10.0 Å². The van der Waals surface area contributed by atoms with Crippen LogP contribution in [0.4, 0.5) is 4.39 Å². The van der Waals surface area contributed by atoms with Crippen molar-refractivity contribution in [2.24, 2.45) is 5.10 Å². The van der Waals surface area contributed by atoms with Crippen molar-refractivity contribution >= 4 is 38.2 Å². The number of nitrogens with zero attached hydrogens (tertiary/aromatic N) is 1. The number of halogens is 2. The Morgan fingerprint density at radius 3 is 2.38 bits per heavy atom. The predicted octanol–water partition coefficient (Wildman–Crippen LogP) is 2.67. The Morgan fingerprint density at radius 2 is 1.88 bits per heavy atom. The average molecular weight is 447 g/mol. The molecule has 0 aliphatic carbocycles. The molecule has 5 N–H and O–H groups in total. The smallest absolute Gasteiger partial charge is 0.288 e. The second-order valence-electron chi connectivity index (χ2n) is 4.81. The van der Waals surface area contributed by atoms with Gasteiger partial charge in [0.15, 0.2) is 0 Å². The van der Waals surface area contributed by atoms with Crippen LogP contribution in [0, 0.1) is 18.2 Å². The number of hydroxylamine groups is 1. The highest BCUT2D eigenvalue weighted by Gasteiger charge is 2.06. The summed E-state index contributed by atoms with van der Waals surface area (Å²) in [5.41, 5.74) is 4.90. The van der Waals surface area contributed by atoms with Gasteiger partial charge >= 0.3 is 0 Å².